The number of hydrogen-bond donors (Lipinski definition) is 1. The lowest BCUT2D eigenvalue weighted by Crippen LogP contribution is -2.54. The first-order valence-electron chi connectivity index (χ1n) is 14.3. The third-order valence-electron chi connectivity index (χ3n) is 7.02. The van der Waals surface area contributed by atoms with E-state index in [1.54, 1.807) is 36.4 Å². The van der Waals surface area contributed by atoms with Crippen molar-refractivity contribution in [2.45, 2.75) is 50.7 Å². The molecule has 7 nitrogen and oxygen atoms in total. The molecular formula is C34H34Cl3N3O4S. The normalized spacial score (nSPS) is 12.1. The zero-order chi connectivity index (χ0) is 32.7. The van der Waals surface area contributed by atoms with Crippen LogP contribution >= 0.6 is 34.8 Å². The molecule has 236 valence electrons. The Morgan fingerprint density at radius 3 is 2.09 bits per heavy atom. The van der Waals surface area contributed by atoms with Crippen LogP contribution in [0.2, 0.25) is 15.1 Å². The number of hydrogen-bond acceptors (Lipinski definition) is 4. The van der Waals surface area contributed by atoms with Gasteiger partial charge in [-0.1, -0.05) is 95.0 Å². The van der Waals surface area contributed by atoms with Crippen LogP contribution in [0.5, 0.6) is 0 Å². The molecule has 45 heavy (non-hydrogen) atoms. The van der Waals surface area contributed by atoms with Gasteiger partial charge in [-0.15, -0.1) is 0 Å². The molecule has 0 aliphatic rings. The van der Waals surface area contributed by atoms with Gasteiger partial charge < -0.3 is 10.2 Å². The molecule has 4 aromatic rings. The van der Waals surface area contributed by atoms with Crippen LogP contribution in [0.3, 0.4) is 0 Å². The van der Waals surface area contributed by atoms with Crippen molar-refractivity contribution in [3.8, 4) is 0 Å². The zero-order valence-corrected chi connectivity index (χ0v) is 28.2. The summed E-state index contributed by atoms with van der Waals surface area (Å²) in [7, 11) is -4.27. The Morgan fingerprint density at radius 1 is 0.800 bits per heavy atom. The van der Waals surface area contributed by atoms with Crippen molar-refractivity contribution in [2.24, 2.45) is 0 Å². The average Bonchev–Trinajstić information content (AvgIpc) is 2.99. The Kier molecular flexibility index (Phi) is 11.6. The number of nitrogens with one attached hydrogen (secondary N) is 1. The number of carbonyl (C=O) groups is 2. The summed E-state index contributed by atoms with van der Waals surface area (Å²) in [6.07, 6.45) is 0.198. The largest absolute Gasteiger partial charge is 0.352 e. The Balaban J connectivity index is 1.82. The molecule has 0 bridgehead atoms. The van der Waals surface area contributed by atoms with Gasteiger partial charge in [0.15, 0.2) is 0 Å². The third kappa shape index (κ3) is 9.01. The maximum Gasteiger partial charge on any atom is 0.264 e. The van der Waals surface area contributed by atoms with Crippen molar-refractivity contribution in [3.63, 3.8) is 0 Å². The number of amides is 2. The summed E-state index contributed by atoms with van der Waals surface area (Å²) >= 11 is 18.8. The van der Waals surface area contributed by atoms with Crippen molar-refractivity contribution < 1.29 is 18.0 Å². The van der Waals surface area contributed by atoms with E-state index in [4.69, 9.17) is 34.8 Å². The molecule has 0 aliphatic heterocycles. The Labute approximate surface area is 279 Å². The van der Waals surface area contributed by atoms with Crippen LogP contribution in [-0.2, 0) is 32.6 Å². The summed E-state index contributed by atoms with van der Waals surface area (Å²) in [4.78, 5) is 29.6. The van der Waals surface area contributed by atoms with Gasteiger partial charge in [0.1, 0.15) is 12.6 Å². The summed E-state index contributed by atoms with van der Waals surface area (Å²) in [6, 6.07) is 25.8. The molecule has 11 heteroatoms. The van der Waals surface area contributed by atoms with E-state index in [2.05, 4.69) is 5.32 Å². The van der Waals surface area contributed by atoms with Crippen molar-refractivity contribution in [2.75, 3.05) is 10.8 Å². The maximum absolute atomic E-state index is 14.5. The first-order chi connectivity index (χ1) is 21.3. The predicted molar refractivity (Wildman–Crippen MR) is 181 cm³/mol. The fourth-order valence-corrected chi connectivity index (χ4v) is 6.68. The number of rotatable bonds is 12. The van der Waals surface area contributed by atoms with Crippen LogP contribution in [0.1, 0.15) is 30.5 Å². The number of anilines is 1. The minimum Gasteiger partial charge on any atom is -0.352 e. The fourth-order valence-electron chi connectivity index (χ4n) is 4.77. The smallest absolute Gasteiger partial charge is 0.264 e. The molecule has 1 atom stereocenters. The Bertz CT molecular complexity index is 1750. The fraction of sp³-hybridized carbons (Fsp3) is 0.235. The van der Waals surface area contributed by atoms with Gasteiger partial charge >= 0.3 is 0 Å². The van der Waals surface area contributed by atoms with E-state index in [0.29, 0.717) is 10.6 Å². The molecule has 2 amide bonds. The van der Waals surface area contributed by atoms with Gasteiger partial charge in [-0.2, -0.15) is 0 Å². The molecule has 4 rings (SSSR count). The van der Waals surface area contributed by atoms with Gasteiger partial charge in [0.05, 0.1) is 20.6 Å². The number of nitrogens with zero attached hydrogens (tertiary/aromatic N) is 2. The van der Waals surface area contributed by atoms with Crippen molar-refractivity contribution in [3.05, 3.63) is 129 Å². The predicted octanol–water partition coefficient (Wildman–Crippen LogP) is 7.32. The molecule has 4 aromatic carbocycles. The summed E-state index contributed by atoms with van der Waals surface area (Å²) in [5.41, 5.74) is 2.53. The van der Waals surface area contributed by atoms with E-state index in [-0.39, 0.29) is 45.5 Å². The third-order valence-corrected chi connectivity index (χ3v) is 9.79. The van der Waals surface area contributed by atoms with E-state index in [9.17, 15) is 18.0 Å². The second-order valence-electron chi connectivity index (χ2n) is 10.9. The molecule has 0 radical (unpaired) electrons. The van der Waals surface area contributed by atoms with Crippen LogP contribution in [0.25, 0.3) is 0 Å². The average molecular weight is 687 g/mol. The number of aryl methyl sites for hydroxylation is 1. The van der Waals surface area contributed by atoms with E-state index in [0.717, 1.165) is 15.4 Å². The number of sulfonamides is 1. The lowest BCUT2D eigenvalue weighted by atomic mass is 10.0. The molecule has 0 spiro atoms. The van der Waals surface area contributed by atoms with Gasteiger partial charge in [0.25, 0.3) is 10.0 Å². The first-order valence-corrected chi connectivity index (χ1v) is 16.8. The lowest BCUT2D eigenvalue weighted by Gasteiger charge is -2.34. The lowest BCUT2D eigenvalue weighted by molar-refractivity contribution is -0.140. The van der Waals surface area contributed by atoms with Crippen LogP contribution in [-0.4, -0.2) is 43.8 Å². The molecule has 0 aliphatic carbocycles. The molecule has 0 fully saturated rings. The minimum atomic E-state index is -4.27. The van der Waals surface area contributed by atoms with Crippen LogP contribution < -0.4 is 9.62 Å². The van der Waals surface area contributed by atoms with E-state index < -0.39 is 28.5 Å². The number of benzene rings is 4. The van der Waals surface area contributed by atoms with E-state index >= 15 is 0 Å². The second kappa shape index (κ2) is 15.1. The zero-order valence-electron chi connectivity index (χ0n) is 25.1. The van der Waals surface area contributed by atoms with Crippen LogP contribution in [0.4, 0.5) is 5.69 Å². The minimum absolute atomic E-state index is 0.00218. The highest BCUT2D eigenvalue weighted by atomic mass is 35.5. The number of carbonyl (C=O) groups excluding carboxylic acids is 2. The highest BCUT2D eigenvalue weighted by Crippen LogP contribution is 2.31. The molecule has 0 unspecified atom stereocenters. The molecule has 1 N–H and O–H groups in total. The van der Waals surface area contributed by atoms with Crippen molar-refractivity contribution in [1.29, 1.82) is 0 Å². The van der Waals surface area contributed by atoms with Gasteiger partial charge in [0, 0.05) is 24.0 Å². The highest BCUT2D eigenvalue weighted by molar-refractivity contribution is 7.92. The number of halogens is 3. The maximum atomic E-state index is 14.5. The molecule has 0 saturated heterocycles. The SMILES string of the molecule is Cc1ccc(S(=O)(=O)N(CC(=O)N(Cc2cccc(Cl)c2)[C@@H](Cc2ccccc2)C(=O)NC(C)C)c2ccc(Cl)c(Cl)c2)cc1. The summed E-state index contributed by atoms with van der Waals surface area (Å²) < 4.78 is 29.2. The topological polar surface area (TPSA) is 86.8 Å². The van der Waals surface area contributed by atoms with Crippen LogP contribution in [0.15, 0.2) is 102 Å². The second-order valence-corrected chi connectivity index (χ2v) is 14.1. The molecular weight excluding hydrogens is 653 g/mol. The Hall–Kier alpha value is -3.56. The van der Waals surface area contributed by atoms with Gasteiger partial charge in [-0.3, -0.25) is 13.9 Å². The van der Waals surface area contributed by atoms with Gasteiger partial charge in [-0.25, -0.2) is 8.42 Å². The standard InChI is InChI=1S/C34H34Cl3N3O4S/c1-23(2)38-34(42)32(19-25-8-5-4-6-9-25)39(21-26-10-7-11-27(35)18-26)33(41)22-40(28-14-17-30(36)31(37)20-28)45(43,44)29-15-12-24(3)13-16-29/h4-18,20,23,32H,19,21-22H2,1-3H3,(H,38,42)/t32-/m0/s1. The Morgan fingerprint density at radius 2 is 1.47 bits per heavy atom. The molecule has 0 heterocycles. The van der Waals surface area contributed by atoms with Gasteiger partial charge in [-0.05, 0) is 74.4 Å². The van der Waals surface area contributed by atoms with E-state index in [1.807, 2.05) is 51.1 Å². The summed E-state index contributed by atoms with van der Waals surface area (Å²) in [5.74, 6) is -0.969. The van der Waals surface area contributed by atoms with Crippen LogP contribution in [0, 0.1) is 6.92 Å². The molecule has 0 aromatic heterocycles. The monoisotopic (exact) mass is 685 g/mol. The van der Waals surface area contributed by atoms with Gasteiger partial charge in [0.2, 0.25) is 11.8 Å². The summed E-state index contributed by atoms with van der Waals surface area (Å²) in [6.45, 7) is 4.90. The summed E-state index contributed by atoms with van der Waals surface area (Å²) in [5, 5.41) is 3.75. The highest BCUT2D eigenvalue weighted by Gasteiger charge is 2.35. The van der Waals surface area contributed by atoms with Crippen molar-refractivity contribution >= 4 is 62.3 Å². The van der Waals surface area contributed by atoms with E-state index in [1.165, 1.54) is 35.2 Å². The quantitative estimate of drug-likeness (QED) is 0.169. The van der Waals surface area contributed by atoms with Crippen molar-refractivity contribution in [1.82, 2.24) is 10.2 Å². The molecule has 0 saturated carbocycles. The first kappa shape index (κ1) is 34.3.